The van der Waals surface area contributed by atoms with Gasteiger partial charge >= 0.3 is 78.6 Å². The smallest absolute Gasteiger partial charge is 0.679 e. The Morgan fingerprint density at radius 3 is 1.45 bits per heavy atom. The van der Waals surface area contributed by atoms with Gasteiger partial charge in [-0.1, -0.05) is 180 Å². The minimum atomic E-state index is -0.346. The zero-order valence-corrected chi connectivity index (χ0v) is 70.9. The number of pyridine rings is 2. The molecule has 2 aliphatic carbocycles. The molecular weight excluding hydrogens is 1560 g/mol. The van der Waals surface area contributed by atoms with Crippen LogP contribution in [0.15, 0.2) is 146 Å². The summed E-state index contributed by atoms with van der Waals surface area (Å²) in [6, 6.07) is 45.8. The first-order valence-corrected chi connectivity index (χ1v) is 42.8. The van der Waals surface area contributed by atoms with E-state index in [0.717, 1.165) is 81.1 Å². The summed E-state index contributed by atoms with van der Waals surface area (Å²) >= 11 is 13.6. The van der Waals surface area contributed by atoms with Gasteiger partial charge < -0.3 is 61.6 Å². The van der Waals surface area contributed by atoms with E-state index in [1.54, 1.807) is 0 Å². The maximum Gasteiger partial charge on any atom is 2.00 e. The molecule has 6 heterocycles. The Balaban J connectivity index is -0.00000110. The van der Waals surface area contributed by atoms with Crippen molar-refractivity contribution in [2.24, 2.45) is 11.8 Å². The van der Waals surface area contributed by atoms with Crippen molar-refractivity contribution in [3.8, 4) is 11.1 Å². The van der Waals surface area contributed by atoms with E-state index in [0.29, 0.717) is 12.0 Å². The van der Waals surface area contributed by atoms with Crippen LogP contribution in [0.3, 0.4) is 0 Å². The molecule has 0 radical (unpaired) electrons. The summed E-state index contributed by atoms with van der Waals surface area (Å²) in [6.07, 6.45) is 24.0. The van der Waals surface area contributed by atoms with Crippen molar-refractivity contribution in [3.63, 3.8) is 0 Å². The second kappa shape index (κ2) is 61.1. The molecule has 3 atom stereocenters. The Bertz CT molecular complexity index is 2880. The van der Waals surface area contributed by atoms with Crippen LogP contribution in [0.25, 0.3) is 44.4 Å². The molecule has 20 heteroatoms. The number of nitrogens with zero attached hydrogens (tertiary/aromatic N) is 7. The van der Waals surface area contributed by atoms with Gasteiger partial charge in [0.2, 0.25) is 0 Å². The third kappa shape index (κ3) is 40.7. The standard InChI is InChI=1S/C18H24ClN3.C18H26ClN3.C12H10.C10H14.C6H12N3P.C5H10.C3H7.C2H6N2.4CH3.3ClH.Fe.2Ru/c1-22(2)12-14-5-3-4-13(14)11-21-17-8-9-20-18-10-15(19)6-7-16(17)18;1-4-22(5-2)12-6-7-14(3)21-17-10-11-20-18-13-15(19)8-9-16(17)18;1-3-7-11(8-4-1)12-9-5-2-6-10-12;1-8(2)10-6-4-9(3)5-7-10;1-7-2-9-3-8(1)5-10(4-7)6-9;1-2-4-5-3-1;1-3-2;3-1-2-4;;;;;;;;;;/h6-10,13-14H,3-5,11-12H2,1-2H3,(H,20,21);8-11,13-14H,4-7,12H2,1-3H3,(H,20,21);1-10H;4-8H,1-3H3;1-6H2;1-5H2;3H,1-2H3;3-4H,1-2H2;4*1H3;3*1H;;;/q;;;;;;+1;-2;4*-1;;;;2*+2;+4/p-2. The molecule has 0 amide bonds. The first-order chi connectivity index (χ1) is 45.1. The number of hydrogen-bond acceptors (Lipinski definition) is 9. The number of nitrogens with one attached hydrogen (secondary N) is 4. The monoisotopic (exact) mass is 1680 g/mol. The molecule has 6 aliphatic rings. The Kier molecular flexibility index (Phi) is 62.3. The van der Waals surface area contributed by atoms with Crippen molar-refractivity contribution in [1.82, 2.24) is 34.5 Å². The number of benzene rings is 5. The Hall–Kier alpha value is -2.24. The quantitative estimate of drug-likeness (QED) is 0.0555. The van der Waals surface area contributed by atoms with E-state index in [9.17, 15) is 0 Å². The zero-order valence-electron chi connectivity index (χ0n) is 61.6. The fourth-order valence-electron chi connectivity index (χ4n) is 11.8. The first kappa shape index (κ1) is 99.9. The first-order valence-electron chi connectivity index (χ1n) is 33.2. The number of aryl methyl sites for hydroxylation is 1. The van der Waals surface area contributed by atoms with Crippen molar-refractivity contribution >= 4 is 93.4 Å². The molecule has 7 aromatic rings. The third-order valence-electron chi connectivity index (χ3n) is 16.3. The van der Waals surface area contributed by atoms with Gasteiger partial charge in [-0.3, -0.25) is 9.97 Å². The van der Waals surface area contributed by atoms with Crippen LogP contribution < -0.4 is 10.6 Å². The fraction of sp³-hybridized carbons (Fsp3) is 0.474. The molecule has 4 saturated heterocycles. The van der Waals surface area contributed by atoms with E-state index in [1.807, 2.05) is 98.5 Å². The molecule has 4 N–H and O–H groups in total. The molecule has 2 saturated carbocycles. The van der Waals surface area contributed by atoms with E-state index in [2.05, 4.69) is 195 Å². The number of aromatic nitrogens is 2. The number of rotatable bonds is 16. The molecule has 98 heavy (non-hydrogen) atoms. The van der Waals surface area contributed by atoms with Gasteiger partial charge in [0.15, 0.2) is 0 Å². The van der Waals surface area contributed by atoms with Crippen LogP contribution in [0, 0.1) is 54.9 Å². The van der Waals surface area contributed by atoms with Crippen LogP contribution in [0.4, 0.5) is 11.4 Å². The van der Waals surface area contributed by atoms with Gasteiger partial charge in [0.05, 0.1) is 51.3 Å². The molecule has 6 fully saturated rings. The second-order valence-corrected chi connectivity index (χ2v) is 30.7. The number of halogens is 5. The van der Waals surface area contributed by atoms with E-state index < -0.39 is 0 Å². The molecule has 4 bridgehead atoms. The molecule has 5 aromatic carbocycles. The van der Waals surface area contributed by atoms with Crippen LogP contribution in [-0.4, -0.2) is 139 Å². The molecular formula is C78H122Cl5FeN11PRu2+. The van der Waals surface area contributed by atoms with Gasteiger partial charge in [-0.2, -0.15) is 13.1 Å². The van der Waals surface area contributed by atoms with Crippen LogP contribution in [0.5, 0.6) is 0 Å². The number of fused-ring (bicyclic) bond motifs is 2. The van der Waals surface area contributed by atoms with Gasteiger partial charge in [0.1, 0.15) is 18.9 Å². The van der Waals surface area contributed by atoms with Crippen molar-refractivity contribution < 1.29 is 49.5 Å². The average Bonchev–Trinajstić information content (AvgIpc) is 0.837. The summed E-state index contributed by atoms with van der Waals surface area (Å²) in [7, 11) is 18.6. The largest absolute Gasteiger partial charge is 2.00 e. The van der Waals surface area contributed by atoms with Crippen molar-refractivity contribution in [2.45, 2.75) is 132 Å². The SMILES string of the molecule is C1CCCC1.C1N2CN3CN1C[PH+](C2)C3.CCN(CC)CCCC(C)Nc1ccnc2cc(Cl)ccc12.CN(C)CC1CCCC1CNc1ccnc2cc(Cl)ccc12.C[CH+]C.Cc1ccc(C(C)C)cc1.[CH3-].[CH3-].[CH3-].[CH3-].[Cl][Ru+3].[Cl][Ru][Cl].[Fe+2].[NH-]CC[NH-].c1ccc(-c2ccccc2)cc1. The molecule has 4 aliphatic heterocycles. The molecule has 552 valence electrons. The van der Waals surface area contributed by atoms with E-state index in [-0.39, 0.29) is 82.9 Å². The minimum absolute atomic E-state index is 0. The summed E-state index contributed by atoms with van der Waals surface area (Å²) in [5.41, 5.74) is 22.0. The van der Waals surface area contributed by atoms with Crippen LogP contribution in [0.2, 0.25) is 10.0 Å². The summed E-state index contributed by atoms with van der Waals surface area (Å²) in [5, 5.41) is 11.0. The molecule has 0 spiro atoms. The summed E-state index contributed by atoms with van der Waals surface area (Å²) in [5.74, 6) is 2.23. The van der Waals surface area contributed by atoms with Gasteiger partial charge in [0.25, 0.3) is 0 Å². The molecule has 13 rings (SSSR count). The molecule has 2 aromatic heterocycles. The van der Waals surface area contributed by atoms with E-state index >= 15 is 0 Å². The topological polar surface area (TPSA) is 114 Å². The maximum atomic E-state index is 6.26. The predicted molar refractivity (Wildman–Crippen MR) is 432 cm³/mol. The third-order valence-corrected chi connectivity index (χ3v) is 19.5. The Morgan fingerprint density at radius 2 is 1.05 bits per heavy atom. The Labute approximate surface area is 650 Å². The molecule has 3 unspecified atom stereocenters. The summed E-state index contributed by atoms with van der Waals surface area (Å²) in [4.78, 5) is 21.3. The van der Waals surface area contributed by atoms with Crippen LogP contribution in [-0.2, 0) is 49.5 Å². The fourth-order valence-corrected chi connectivity index (χ4v) is 15.0. The minimum Gasteiger partial charge on any atom is -0.679 e. The molecule has 11 nitrogen and oxygen atoms in total. The van der Waals surface area contributed by atoms with E-state index in [1.165, 1.54) is 132 Å². The van der Waals surface area contributed by atoms with Gasteiger partial charge in [-0.15, -0.1) is 0 Å². The summed E-state index contributed by atoms with van der Waals surface area (Å²) < 4.78 is 0. The van der Waals surface area contributed by atoms with Crippen molar-refractivity contribution in [2.75, 3.05) is 109 Å². The summed E-state index contributed by atoms with van der Waals surface area (Å²) in [6.45, 7) is 27.1. The van der Waals surface area contributed by atoms with Crippen LogP contribution in [0.1, 0.15) is 130 Å². The van der Waals surface area contributed by atoms with E-state index in [4.69, 9.17) is 54.1 Å². The average molecular weight is 1680 g/mol. The van der Waals surface area contributed by atoms with Crippen LogP contribution >= 0.6 is 60.2 Å². The van der Waals surface area contributed by atoms with Gasteiger partial charge in [-0.05, 0) is 156 Å². The number of anilines is 2. The number of hydrogen-bond donors (Lipinski definition) is 2. The predicted octanol–water partition coefficient (Wildman–Crippen LogP) is 23.6. The van der Waals surface area contributed by atoms with Crippen molar-refractivity contribution in [1.29, 1.82) is 0 Å². The van der Waals surface area contributed by atoms with Gasteiger partial charge in [0, 0.05) is 71.6 Å². The zero-order chi connectivity index (χ0) is 68.2. The second-order valence-electron chi connectivity index (χ2n) is 24.7. The van der Waals surface area contributed by atoms with Gasteiger partial charge in [-0.25, -0.2) is 14.7 Å². The van der Waals surface area contributed by atoms with Crippen molar-refractivity contribution in [3.05, 3.63) is 215 Å². The Morgan fingerprint density at radius 1 is 0.633 bits per heavy atom. The normalized spacial score (nSPS) is 17.8. The maximum absolute atomic E-state index is 6.26.